The van der Waals surface area contributed by atoms with Gasteiger partial charge in [0, 0.05) is 12.6 Å². The van der Waals surface area contributed by atoms with E-state index in [9.17, 15) is 4.79 Å². The molecule has 116 valence electrons. The molecule has 0 spiro atoms. The monoisotopic (exact) mass is 319 g/mol. The van der Waals surface area contributed by atoms with Crippen LogP contribution in [0.4, 0.5) is 10.5 Å². The minimum absolute atomic E-state index is 0.0644. The van der Waals surface area contributed by atoms with Crippen LogP contribution >= 0.6 is 11.6 Å². The summed E-state index contributed by atoms with van der Waals surface area (Å²) in [6.45, 7) is 4.53. The third kappa shape index (κ3) is 2.95. The van der Waals surface area contributed by atoms with Gasteiger partial charge in [0.05, 0.1) is 22.4 Å². The Labute approximate surface area is 134 Å². The van der Waals surface area contributed by atoms with Gasteiger partial charge in [-0.25, -0.2) is 4.79 Å². The number of nitrogens with zero attached hydrogens (tertiary/aromatic N) is 2. The predicted octanol–water partition coefficient (Wildman–Crippen LogP) is 4.31. The van der Waals surface area contributed by atoms with Gasteiger partial charge in [0.25, 0.3) is 0 Å². The van der Waals surface area contributed by atoms with E-state index in [1.165, 1.54) is 0 Å². The molecule has 1 aliphatic heterocycles. The molecule has 1 N–H and O–H groups in total. The molecule has 1 aromatic heterocycles. The van der Waals surface area contributed by atoms with Gasteiger partial charge in [-0.15, -0.1) is 0 Å². The van der Waals surface area contributed by atoms with Crippen molar-refractivity contribution in [1.82, 2.24) is 10.1 Å². The van der Waals surface area contributed by atoms with Gasteiger partial charge in [-0.05, 0) is 44.4 Å². The maximum atomic E-state index is 12.5. The standard InChI is InChI=1S/C16H18ClN3O2/c1-10-5-6-13(12(17)8-10)18-16(21)20-7-3-4-14(20)15-9-11(2)19-22-15/h5-6,8-9,14H,3-4,7H2,1-2H3,(H,18,21)/t14-/m1/s1. The van der Waals surface area contributed by atoms with E-state index in [0.717, 1.165) is 29.9 Å². The van der Waals surface area contributed by atoms with Gasteiger partial charge in [0.2, 0.25) is 0 Å². The van der Waals surface area contributed by atoms with E-state index in [-0.39, 0.29) is 12.1 Å². The van der Waals surface area contributed by atoms with Crippen molar-refractivity contribution < 1.29 is 9.32 Å². The molecule has 0 radical (unpaired) electrons. The number of amides is 2. The van der Waals surface area contributed by atoms with E-state index < -0.39 is 0 Å². The molecule has 2 aromatic rings. The summed E-state index contributed by atoms with van der Waals surface area (Å²) in [4.78, 5) is 14.3. The number of carbonyl (C=O) groups is 1. The van der Waals surface area contributed by atoms with Gasteiger partial charge in [0.15, 0.2) is 5.76 Å². The molecule has 2 heterocycles. The number of urea groups is 1. The Morgan fingerprint density at radius 1 is 1.41 bits per heavy atom. The molecule has 0 unspecified atom stereocenters. The fraction of sp³-hybridized carbons (Fsp3) is 0.375. The van der Waals surface area contributed by atoms with Crippen LogP contribution in [-0.2, 0) is 0 Å². The molecule has 1 fully saturated rings. The molecular weight excluding hydrogens is 302 g/mol. The number of aromatic nitrogens is 1. The van der Waals surface area contributed by atoms with Crippen molar-refractivity contribution in [3.05, 3.63) is 46.3 Å². The van der Waals surface area contributed by atoms with Gasteiger partial charge in [0.1, 0.15) is 0 Å². The highest BCUT2D eigenvalue weighted by Gasteiger charge is 2.32. The summed E-state index contributed by atoms with van der Waals surface area (Å²) in [6, 6.07) is 7.22. The Kier molecular flexibility index (Phi) is 4.07. The van der Waals surface area contributed by atoms with E-state index in [0.29, 0.717) is 17.3 Å². The van der Waals surface area contributed by atoms with E-state index in [2.05, 4.69) is 10.5 Å². The first kappa shape index (κ1) is 14.9. The number of aryl methyl sites for hydroxylation is 2. The Morgan fingerprint density at radius 3 is 2.91 bits per heavy atom. The molecule has 3 rings (SSSR count). The van der Waals surface area contributed by atoms with Gasteiger partial charge >= 0.3 is 6.03 Å². The first-order valence-electron chi connectivity index (χ1n) is 7.31. The van der Waals surface area contributed by atoms with Gasteiger partial charge in [-0.3, -0.25) is 0 Å². The summed E-state index contributed by atoms with van der Waals surface area (Å²) in [5.41, 5.74) is 2.50. The number of halogens is 1. The number of anilines is 1. The minimum atomic E-state index is -0.165. The van der Waals surface area contributed by atoms with Gasteiger partial charge in [-0.1, -0.05) is 22.8 Å². The second-order valence-corrected chi connectivity index (χ2v) is 6.04. The second kappa shape index (κ2) is 6.01. The van der Waals surface area contributed by atoms with Crippen molar-refractivity contribution in [3.8, 4) is 0 Å². The van der Waals surface area contributed by atoms with Crippen molar-refractivity contribution in [2.75, 3.05) is 11.9 Å². The normalized spacial score (nSPS) is 17.8. The topological polar surface area (TPSA) is 58.4 Å². The average Bonchev–Trinajstić information content (AvgIpc) is 3.10. The molecular formula is C16H18ClN3O2. The fourth-order valence-electron chi connectivity index (χ4n) is 2.75. The number of likely N-dealkylation sites (tertiary alicyclic amines) is 1. The highest BCUT2D eigenvalue weighted by atomic mass is 35.5. The van der Waals surface area contributed by atoms with E-state index in [4.69, 9.17) is 16.1 Å². The Morgan fingerprint density at radius 2 is 2.23 bits per heavy atom. The first-order chi connectivity index (χ1) is 10.5. The maximum absolute atomic E-state index is 12.5. The summed E-state index contributed by atoms with van der Waals surface area (Å²) in [6.07, 6.45) is 1.82. The number of carbonyl (C=O) groups excluding carboxylic acids is 1. The highest BCUT2D eigenvalue weighted by molar-refractivity contribution is 6.33. The zero-order chi connectivity index (χ0) is 15.7. The van der Waals surface area contributed by atoms with Crippen molar-refractivity contribution in [1.29, 1.82) is 0 Å². The van der Waals surface area contributed by atoms with Crippen LogP contribution in [-0.4, -0.2) is 22.6 Å². The zero-order valence-corrected chi connectivity index (χ0v) is 13.4. The van der Waals surface area contributed by atoms with Crippen LogP contribution < -0.4 is 5.32 Å². The molecule has 22 heavy (non-hydrogen) atoms. The molecule has 2 amide bonds. The van der Waals surface area contributed by atoms with Crippen molar-refractivity contribution in [3.63, 3.8) is 0 Å². The Balaban J connectivity index is 1.76. The molecule has 6 heteroatoms. The first-order valence-corrected chi connectivity index (χ1v) is 7.69. The maximum Gasteiger partial charge on any atom is 0.322 e. The van der Waals surface area contributed by atoms with Crippen LogP contribution in [0.25, 0.3) is 0 Å². The van der Waals surface area contributed by atoms with Crippen LogP contribution in [0.5, 0.6) is 0 Å². The summed E-state index contributed by atoms with van der Waals surface area (Å²) >= 11 is 6.18. The predicted molar refractivity (Wildman–Crippen MR) is 85.1 cm³/mol. The quantitative estimate of drug-likeness (QED) is 0.897. The molecule has 1 aromatic carbocycles. The second-order valence-electron chi connectivity index (χ2n) is 5.64. The summed E-state index contributed by atoms with van der Waals surface area (Å²) in [5.74, 6) is 0.736. The molecule has 5 nitrogen and oxygen atoms in total. The lowest BCUT2D eigenvalue weighted by molar-refractivity contribution is 0.195. The van der Waals surface area contributed by atoms with Crippen LogP contribution in [0.1, 0.15) is 35.9 Å². The lowest BCUT2D eigenvalue weighted by atomic mass is 10.1. The number of hydrogen-bond acceptors (Lipinski definition) is 3. The Hall–Kier alpha value is -2.01. The molecule has 1 saturated heterocycles. The number of nitrogens with one attached hydrogen (secondary N) is 1. The lowest BCUT2D eigenvalue weighted by Crippen LogP contribution is -2.34. The van der Waals surface area contributed by atoms with E-state index in [1.54, 1.807) is 4.90 Å². The van der Waals surface area contributed by atoms with E-state index in [1.807, 2.05) is 38.1 Å². The number of benzene rings is 1. The molecule has 0 bridgehead atoms. The van der Waals surface area contributed by atoms with Gasteiger partial charge < -0.3 is 14.7 Å². The molecule has 0 saturated carbocycles. The molecule has 1 atom stereocenters. The zero-order valence-electron chi connectivity index (χ0n) is 12.6. The van der Waals surface area contributed by atoms with Crippen molar-refractivity contribution >= 4 is 23.3 Å². The molecule has 0 aliphatic carbocycles. The van der Waals surface area contributed by atoms with Crippen LogP contribution in [0.15, 0.2) is 28.8 Å². The summed E-state index contributed by atoms with van der Waals surface area (Å²) < 4.78 is 5.32. The lowest BCUT2D eigenvalue weighted by Gasteiger charge is -2.23. The average molecular weight is 320 g/mol. The number of rotatable bonds is 2. The number of hydrogen-bond donors (Lipinski definition) is 1. The van der Waals surface area contributed by atoms with Crippen LogP contribution in [0.2, 0.25) is 5.02 Å². The SMILES string of the molecule is Cc1ccc(NC(=O)N2CCC[C@@H]2c2cc(C)no2)c(Cl)c1. The highest BCUT2D eigenvalue weighted by Crippen LogP contribution is 2.33. The third-order valence-electron chi connectivity index (χ3n) is 3.85. The summed E-state index contributed by atoms with van der Waals surface area (Å²) in [5, 5.41) is 7.33. The van der Waals surface area contributed by atoms with Gasteiger partial charge in [-0.2, -0.15) is 0 Å². The third-order valence-corrected chi connectivity index (χ3v) is 4.17. The van der Waals surface area contributed by atoms with Crippen molar-refractivity contribution in [2.24, 2.45) is 0 Å². The smallest absolute Gasteiger partial charge is 0.322 e. The van der Waals surface area contributed by atoms with Crippen molar-refractivity contribution in [2.45, 2.75) is 32.7 Å². The van der Waals surface area contributed by atoms with E-state index >= 15 is 0 Å². The largest absolute Gasteiger partial charge is 0.359 e. The molecule has 1 aliphatic rings. The Bertz CT molecular complexity index is 698. The summed E-state index contributed by atoms with van der Waals surface area (Å²) in [7, 11) is 0. The van der Waals surface area contributed by atoms with Crippen LogP contribution in [0, 0.1) is 13.8 Å². The van der Waals surface area contributed by atoms with Crippen LogP contribution in [0.3, 0.4) is 0 Å². The fourth-order valence-corrected chi connectivity index (χ4v) is 3.04. The minimum Gasteiger partial charge on any atom is -0.359 e.